The largest absolute Gasteiger partial charge is 0.478 e. The Morgan fingerprint density at radius 2 is 1.95 bits per heavy atom. The van der Waals surface area contributed by atoms with E-state index in [2.05, 4.69) is 10.2 Å². The van der Waals surface area contributed by atoms with E-state index in [9.17, 15) is 14.3 Å². The van der Waals surface area contributed by atoms with Gasteiger partial charge >= 0.3 is 5.97 Å². The van der Waals surface area contributed by atoms with E-state index in [1.54, 1.807) is 39.0 Å². The van der Waals surface area contributed by atoms with Gasteiger partial charge in [-0.1, -0.05) is 12.1 Å². The second kappa shape index (κ2) is 5.87. The van der Waals surface area contributed by atoms with E-state index in [0.717, 1.165) is 0 Å². The number of hydrogen-bond acceptors (Lipinski definition) is 4. The van der Waals surface area contributed by atoms with Crippen molar-refractivity contribution < 1.29 is 14.3 Å². The summed E-state index contributed by atoms with van der Waals surface area (Å²) >= 11 is 0. The summed E-state index contributed by atoms with van der Waals surface area (Å²) in [7, 11) is 0. The highest BCUT2D eigenvalue weighted by Crippen LogP contribution is 2.30. The molecule has 0 fully saturated rings. The molecule has 0 aliphatic rings. The number of para-hydroxylation sites is 1. The first-order valence-corrected chi connectivity index (χ1v) is 6.56. The molecule has 1 heterocycles. The predicted octanol–water partition coefficient (Wildman–Crippen LogP) is 3.09. The van der Waals surface area contributed by atoms with Crippen molar-refractivity contribution in [2.75, 3.05) is 11.4 Å². The quantitative estimate of drug-likeness (QED) is 0.937. The monoisotopic (exact) mass is 289 g/mol. The number of hydrogen-bond donors (Lipinski definition) is 1. The Bertz CT molecular complexity index is 689. The first-order valence-electron chi connectivity index (χ1n) is 6.56. The highest BCUT2D eigenvalue weighted by Gasteiger charge is 2.23. The third-order valence-electron chi connectivity index (χ3n) is 3.37. The zero-order valence-corrected chi connectivity index (χ0v) is 12.1. The molecule has 0 unspecified atom stereocenters. The Hall–Kier alpha value is -2.50. The molecule has 5 nitrogen and oxygen atoms in total. The number of carboxylic acid groups (broad SMARTS) is 1. The van der Waals surface area contributed by atoms with Crippen molar-refractivity contribution in [3.63, 3.8) is 0 Å². The van der Waals surface area contributed by atoms with Gasteiger partial charge in [0.05, 0.1) is 11.4 Å². The Kier molecular flexibility index (Phi) is 4.16. The highest BCUT2D eigenvalue weighted by molar-refractivity contribution is 5.96. The van der Waals surface area contributed by atoms with Crippen LogP contribution < -0.4 is 4.90 Å². The van der Waals surface area contributed by atoms with Crippen molar-refractivity contribution in [2.24, 2.45) is 0 Å². The van der Waals surface area contributed by atoms with E-state index in [0.29, 0.717) is 17.8 Å². The highest BCUT2D eigenvalue weighted by atomic mass is 19.1. The first-order chi connectivity index (χ1) is 9.97. The van der Waals surface area contributed by atoms with Crippen LogP contribution in [0.25, 0.3) is 0 Å². The zero-order chi connectivity index (χ0) is 15.6. The van der Waals surface area contributed by atoms with Gasteiger partial charge < -0.3 is 10.0 Å². The smallest absolute Gasteiger partial charge is 0.339 e. The molecule has 21 heavy (non-hydrogen) atoms. The van der Waals surface area contributed by atoms with E-state index in [1.165, 1.54) is 11.0 Å². The maximum absolute atomic E-state index is 14.0. The van der Waals surface area contributed by atoms with E-state index in [-0.39, 0.29) is 17.1 Å². The number of nitrogens with zero attached hydrogens (tertiary/aromatic N) is 3. The number of aryl methyl sites for hydroxylation is 1. The molecule has 1 aromatic carbocycles. The molecule has 110 valence electrons. The number of rotatable bonds is 4. The van der Waals surface area contributed by atoms with Gasteiger partial charge in [0.1, 0.15) is 11.4 Å². The minimum Gasteiger partial charge on any atom is -0.478 e. The van der Waals surface area contributed by atoms with Crippen LogP contribution >= 0.6 is 0 Å². The Labute approximate surface area is 122 Å². The lowest BCUT2D eigenvalue weighted by Gasteiger charge is -2.24. The average Bonchev–Trinajstić information content (AvgIpc) is 2.45. The number of benzene rings is 1. The molecule has 0 amide bonds. The lowest BCUT2D eigenvalue weighted by atomic mass is 10.1. The van der Waals surface area contributed by atoms with Gasteiger partial charge in [-0.2, -0.15) is 5.10 Å². The lowest BCUT2D eigenvalue weighted by molar-refractivity contribution is 0.0696. The molecule has 0 bridgehead atoms. The van der Waals surface area contributed by atoms with Crippen LogP contribution in [0.3, 0.4) is 0 Å². The molecule has 2 aromatic rings. The first kappa shape index (κ1) is 14.9. The molecule has 2 rings (SSSR count). The average molecular weight is 289 g/mol. The summed E-state index contributed by atoms with van der Waals surface area (Å²) in [6.07, 6.45) is 0. The van der Waals surface area contributed by atoms with Gasteiger partial charge in [0.25, 0.3) is 0 Å². The molecule has 0 aliphatic heterocycles. The van der Waals surface area contributed by atoms with E-state index in [4.69, 9.17) is 0 Å². The normalized spacial score (nSPS) is 10.5. The van der Waals surface area contributed by atoms with Gasteiger partial charge in [0.2, 0.25) is 0 Å². The number of halogens is 1. The molecule has 1 aromatic heterocycles. The predicted molar refractivity (Wildman–Crippen MR) is 77.5 cm³/mol. The van der Waals surface area contributed by atoms with Gasteiger partial charge in [-0.25, -0.2) is 9.18 Å². The van der Waals surface area contributed by atoms with E-state index >= 15 is 0 Å². The van der Waals surface area contributed by atoms with Gasteiger partial charge in [0.15, 0.2) is 5.82 Å². The van der Waals surface area contributed by atoms with Crippen molar-refractivity contribution in [3.8, 4) is 0 Å². The molecule has 0 atom stereocenters. The summed E-state index contributed by atoms with van der Waals surface area (Å²) in [5, 5.41) is 17.4. The van der Waals surface area contributed by atoms with Crippen LogP contribution in [0, 0.1) is 19.7 Å². The van der Waals surface area contributed by atoms with Gasteiger partial charge in [-0.3, -0.25) is 0 Å². The van der Waals surface area contributed by atoms with Gasteiger partial charge in [0, 0.05) is 6.54 Å². The molecule has 0 saturated carbocycles. The van der Waals surface area contributed by atoms with Crippen LogP contribution in [0.15, 0.2) is 24.3 Å². The Morgan fingerprint density at radius 1 is 1.29 bits per heavy atom. The van der Waals surface area contributed by atoms with Crippen LogP contribution in [0.2, 0.25) is 0 Å². The molecule has 0 aliphatic carbocycles. The summed E-state index contributed by atoms with van der Waals surface area (Å²) in [5.74, 6) is -1.38. The fourth-order valence-corrected chi connectivity index (χ4v) is 2.15. The van der Waals surface area contributed by atoms with Crippen molar-refractivity contribution in [2.45, 2.75) is 20.8 Å². The fraction of sp³-hybridized carbons (Fsp3) is 0.267. The van der Waals surface area contributed by atoms with Crippen LogP contribution in [0.4, 0.5) is 15.9 Å². The minimum atomic E-state index is -1.10. The summed E-state index contributed by atoms with van der Waals surface area (Å²) in [5.41, 5.74) is 1.40. The minimum absolute atomic E-state index is 0.0487. The van der Waals surface area contributed by atoms with Crippen LogP contribution in [0.5, 0.6) is 0 Å². The zero-order valence-electron chi connectivity index (χ0n) is 12.1. The maximum Gasteiger partial charge on any atom is 0.339 e. The molecule has 0 spiro atoms. The number of anilines is 2. The van der Waals surface area contributed by atoms with Crippen molar-refractivity contribution in [1.82, 2.24) is 10.2 Å². The number of carboxylic acids is 1. The molecular formula is C15H16FN3O2. The fourth-order valence-electron chi connectivity index (χ4n) is 2.15. The molecule has 0 saturated heterocycles. The standard InChI is InChI=1S/C15H16FN3O2/c1-4-19(12-8-6-5-7-11(12)16)14-13(15(20)21)9(2)10(3)17-18-14/h5-8H,4H2,1-3H3,(H,20,21). The van der Waals surface area contributed by atoms with Crippen LogP contribution in [0.1, 0.15) is 28.5 Å². The Morgan fingerprint density at radius 3 is 2.52 bits per heavy atom. The second-order valence-corrected chi connectivity index (χ2v) is 4.61. The lowest BCUT2D eigenvalue weighted by Crippen LogP contribution is -2.23. The maximum atomic E-state index is 14.0. The SMILES string of the molecule is CCN(c1ccccc1F)c1nnc(C)c(C)c1C(=O)O. The third-order valence-corrected chi connectivity index (χ3v) is 3.37. The van der Waals surface area contributed by atoms with Crippen molar-refractivity contribution in [3.05, 3.63) is 46.9 Å². The number of aromatic nitrogens is 2. The van der Waals surface area contributed by atoms with Crippen LogP contribution in [-0.4, -0.2) is 27.8 Å². The van der Waals surface area contributed by atoms with Crippen LogP contribution in [-0.2, 0) is 0 Å². The topological polar surface area (TPSA) is 66.3 Å². The molecule has 1 N–H and O–H groups in total. The summed E-state index contributed by atoms with van der Waals surface area (Å²) in [6, 6.07) is 6.18. The van der Waals surface area contributed by atoms with E-state index < -0.39 is 11.8 Å². The van der Waals surface area contributed by atoms with Crippen molar-refractivity contribution >= 4 is 17.5 Å². The molecule has 6 heteroatoms. The summed E-state index contributed by atoms with van der Waals surface area (Å²) in [6.45, 7) is 5.54. The molecular weight excluding hydrogens is 273 g/mol. The van der Waals surface area contributed by atoms with Gasteiger partial charge in [-0.15, -0.1) is 5.10 Å². The second-order valence-electron chi connectivity index (χ2n) is 4.61. The molecule has 0 radical (unpaired) electrons. The Balaban J connectivity index is 2.67. The number of aromatic carboxylic acids is 1. The summed E-state index contributed by atoms with van der Waals surface area (Å²) < 4.78 is 14.0. The number of carbonyl (C=O) groups is 1. The van der Waals surface area contributed by atoms with E-state index in [1.807, 2.05) is 0 Å². The van der Waals surface area contributed by atoms with Crippen molar-refractivity contribution in [1.29, 1.82) is 0 Å². The third kappa shape index (κ3) is 2.69. The van der Waals surface area contributed by atoms with Gasteiger partial charge in [-0.05, 0) is 38.5 Å². The summed E-state index contributed by atoms with van der Waals surface area (Å²) in [4.78, 5) is 13.1.